The molecule has 0 aliphatic rings. The minimum absolute atomic E-state index is 0.507. The highest BCUT2D eigenvalue weighted by atomic mass is 35.5. The zero-order chi connectivity index (χ0) is 14.5. The molecule has 0 fully saturated rings. The van der Waals surface area contributed by atoms with E-state index in [9.17, 15) is 9.90 Å². The third-order valence-electron chi connectivity index (χ3n) is 3.17. The first-order chi connectivity index (χ1) is 9.63. The SMILES string of the molecule is CCc1ccccc1C(Nc1ccccc1Cl)C(=O)O. The highest BCUT2D eigenvalue weighted by Crippen LogP contribution is 2.28. The van der Waals surface area contributed by atoms with Crippen molar-refractivity contribution in [2.75, 3.05) is 5.32 Å². The number of halogens is 1. The molecule has 0 saturated heterocycles. The molecule has 1 atom stereocenters. The lowest BCUT2D eigenvalue weighted by Crippen LogP contribution is -2.22. The summed E-state index contributed by atoms with van der Waals surface area (Å²) in [5, 5.41) is 13.0. The van der Waals surface area contributed by atoms with Crippen molar-refractivity contribution in [1.82, 2.24) is 0 Å². The predicted molar refractivity (Wildman–Crippen MR) is 81.3 cm³/mol. The summed E-state index contributed by atoms with van der Waals surface area (Å²) in [7, 11) is 0. The van der Waals surface area contributed by atoms with Crippen molar-refractivity contribution in [1.29, 1.82) is 0 Å². The third kappa shape index (κ3) is 3.11. The first-order valence-corrected chi connectivity index (χ1v) is 6.83. The van der Waals surface area contributed by atoms with Crippen molar-refractivity contribution in [2.24, 2.45) is 0 Å². The van der Waals surface area contributed by atoms with E-state index in [2.05, 4.69) is 5.32 Å². The molecule has 2 aromatic rings. The molecule has 2 aromatic carbocycles. The predicted octanol–water partition coefficient (Wildman–Crippen LogP) is 4.14. The number of hydrogen-bond donors (Lipinski definition) is 2. The van der Waals surface area contributed by atoms with E-state index in [-0.39, 0.29) is 0 Å². The van der Waals surface area contributed by atoms with Crippen molar-refractivity contribution >= 4 is 23.3 Å². The monoisotopic (exact) mass is 289 g/mol. The molecule has 0 aromatic heterocycles. The number of aliphatic carboxylic acids is 1. The highest BCUT2D eigenvalue weighted by molar-refractivity contribution is 6.33. The van der Waals surface area contributed by atoms with Gasteiger partial charge >= 0.3 is 5.97 Å². The largest absolute Gasteiger partial charge is 0.479 e. The van der Waals surface area contributed by atoms with Crippen LogP contribution in [0.2, 0.25) is 5.02 Å². The van der Waals surface area contributed by atoms with Crippen LogP contribution >= 0.6 is 11.6 Å². The van der Waals surface area contributed by atoms with E-state index in [1.165, 1.54) is 0 Å². The molecule has 1 unspecified atom stereocenters. The Morgan fingerprint density at radius 3 is 2.50 bits per heavy atom. The number of anilines is 1. The Morgan fingerprint density at radius 1 is 1.20 bits per heavy atom. The minimum atomic E-state index is -0.925. The van der Waals surface area contributed by atoms with Crippen LogP contribution in [0.15, 0.2) is 48.5 Å². The molecule has 0 bridgehead atoms. The zero-order valence-corrected chi connectivity index (χ0v) is 11.9. The molecule has 2 rings (SSSR count). The third-order valence-corrected chi connectivity index (χ3v) is 3.50. The topological polar surface area (TPSA) is 49.3 Å². The van der Waals surface area contributed by atoms with Crippen LogP contribution in [-0.2, 0) is 11.2 Å². The molecule has 4 heteroatoms. The average molecular weight is 290 g/mol. The Labute approximate surface area is 123 Å². The molecule has 0 aliphatic carbocycles. The zero-order valence-electron chi connectivity index (χ0n) is 11.1. The van der Waals surface area contributed by atoms with Crippen LogP contribution in [-0.4, -0.2) is 11.1 Å². The van der Waals surface area contributed by atoms with Crippen LogP contribution < -0.4 is 5.32 Å². The number of benzene rings is 2. The summed E-state index contributed by atoms with van der Waals surface area (Å²) in [6, 6.07) is 13.9. The lowest BCUT2D eigenvalue weighted by Gasteiger charge is -2.19. The Kier molecular flexibility index (Phi) is 4.64. The molecule has 0 radical (unpaired) electrons. The molecule has 0 spiro atoms. The summed E-state index contributed by atoms with van der Waals surface area (Å²) in [4.78, 5) is 11.6. The molecular weight excluding hydrogens is 274 g/mol. The molecule has 2 N–H and O–H groups in total. The first-order valence-electron chi connectivity index (χ1n) is 6.45. The molecule has 20 heavy (non-hydrogen) atoms. The number of hydrogen-bond acceptors (Lipinski definition) is 2. The fourth-order valence-corrected chi connectivity index (χ4v) is 2.33. The van der Waals surface area contributed by atoms with Crippen LogP contribution in [0.25, 0.3) is 0 Å². The summed E-state index contributed by atoms with van der Waals surface area (Å²) in [6.45, 7) is 2.01. The maximum absolute atomic E-state index is 11.6. The summed E-state index contributed by atoms with van der Waals surface area (Å²) in [6.07, 6.45) is 0.782. The summed E-state index contributed by atoms with van der Waals surface area (Å²) >= 11 is 6.08. The number of nitrogens with one attached hydrogen (secondary N) is 1. The van der Waals surface area contributed by atoms with Gasteiger partial charge in [0, 0.05) is 0 Å². The van der Waals surface area contributed by atoms with Crippen LogP contribution in [0.3, 0.4) is 0 Å². The van der Waals surface area contributed by atoms with Gasteiger partial charge in [0.1, 0.15) is 0 Å². The number of rotatable bonds is 5. The Morgan fingerprint density at radius 2 is 1.85 bits per heavy atom. The van der Waals surface area contributed by atoms with E-state index in [4.69, 9.17) is 11.6 Å². The second-order valence-corrected chi connectivity index (χ2v) is 4.86. The van der Waals surface area contributed by atoms with E-state index in [1.807, 2.05) is 43.3 Å². The lowest BCUT2D eigenvalue weighted by molar-refractivity contribution is -0.138. The van der Waals surface area contributed by atoms with E-state index >= 15 is 0 Å². The van der Waals surface area contributed by atoms with Crippen LogP contribution in [0.4, 0.5) is 5.69 Å². The number of carboxylic acid groups (broad SMARTS) is 1. The van der Waals surface area contributed by atoms with Gasteiger partial charge in [0.15, 0.2) is 6.04 Å². The van der Waals surface area contributed by atoms with Crippen molar-refractivity contribution < 1.29 is 9.90 Å². The van der Waals surface area contributed by atoms with Crippen molar-refractivity contribution in [3.8, 4) is 0 Å². The van der Waals surface area contributed by atoms with Crippen LogP contribution in [0.5, 0.6) is 0 Å². The fourth-order valence-electron chi connectivity index (χ4n) is 2.14. The maximum atomic E-state index is 11.6. The second-order valence-electron chi connectivity index (χ2n) is 4.45. The minimum Gasteiger partial charge on any atom is -0.479 e. The summed E-state index contributed by atoms with van der Waals surface area (Å²) in [5.41, 5.74) is 2.40. The van der Waals surface area contributed by atoms with Crippen molar-refractivity contribution in [3.63, 3.8) is 0 Å². The quantitative estimate of drug-likeness (QED) is 0.870. The van der Waals surface area contributed by atoms with E-state index < -0.39 is 12.0 Å². The summed E-state index contributed by atoms with van der Waals surface area (Å²) < 4.78 is 0. The Balaban J connectivity index is 2.37. The van der Waals surface area contributed by atoms with Crippen LogP contribution in [0.1, 0.15) is 24.1 Å². The molecule has 0 aliphatic heterocycles. The molecule has 0 amide bonds. The number of aryl methyl sites for hydroxylation is 1. The van der Waals surface area contributed by atoms with Gasteiger partial charge in [0.05, 0.1) is 10.7 Å². The molecule has 3 nitrogen and oxygen atoms in total. The van der Waals surface area contributed by atoms with Gasteiger partial charge in [-0.2, -0.15) is 0 Å². The van der Waals surface area contributed by atoms with Gasteiger partial charge in [-0.1, -0.05) is 54.9 Å². The first kappa shape index (κ1) is 14.4. The molecule has 104 valence electrons. The van der Waals surface area contributed by atoms with Crippen molar-refractivity contribution in [2.45, 2.75) is 19.4 Å². The van der Waals surface area contributed by atoms with Gasteiger partial charge < -0.3 is 10.4 Å². The molecule has 0 saturated carbocycles. The van der Waals surface area contributed by atoms with E-state index in [1.54, 1.807) is 12.1 Å². The molecule has 0 heterocycles. The Hall–Kier alpha value is -2.00. The highest BCUT2D eigenvalue weighted by Gasteiger charge is 2.22. The number of carboxylic acids is 1. The van der Waals surface area contributed by atoms with Crippen LogP contribution in [0, 0.1) is 0 Å². The van der Waals surface area contributed by atoms with E-state index in [0.29, 0.717) is 10.7 Å². The Bertz CT molecular complexity index is 613. The van der Waals surface area contributed by atoms with Gasteiger partial charge in [-0.05, 0) is 29.7 Å². The van der Waals surface area contributed by atoms with Gasteiger partial charge in [-0.3, -0.25) is 0 Å². The standard InChI is InChI=1S/C16H16ClNO2/c1-2-11-7-3-4-8-12(11)15(16(19)20)18-14-10-6-5-9-13(14)17/h3-10,15,18H,2H2,1H3,(H,19,20). The van der Waals surface area contributed by atoms with Gasteiger partial charge in [0.25, 0.3) is 0 Å². The smallest absolute Gasteiger partial charge is 0.330 e. The number of carbonyl (C=O) groups is 1. The molecular formula is C16H16ClNO2. The van der Waals surface area contributed by atoms with Gasteiger partial charge in [0.2, 0.25) is 0 Å². The van der Waals surface area contributed by atoms with E-state index in [0.717, 1.165) is 17.5 Å². The number of para-hydroxylation sites is 1. The maximum Gasteiger partial charge on any atom is 0.330 e. The summed E-state index contributed by atoms with van der Waals surface area (Å²) in [5.74, 6) is -0.925. The van der Waals surface area contributed by atoms with Gasteiger partial charge in [-0.15, -0.1) is 0 Å². The fraction of sp³-hybridized carbons (Fsp3) is 0.188. The average Bonchev–Trinajstić information content (AvgIpc) is 2.46. The lowest BCUT2D eigenvalue weighted by atomic mass is 9.98. The second kappa shape index (κ2) is 6.44. The normalized spacial score (nSPS) is 11.9. The van der Waals surface area contributed by atoms with Gasteiger partial charge in [-0.25, -0.2) is 4.79 Å². The van der Waals surface area contributed by atoms with Crippen molar-refractivity contribution in [3.05, 3.63) is 64.7 Å².